The minimum atomic E-state index is 0.667. The van der Waals surface area contributed by atoms with Crippen LogP contribution in [0, 0.1) is 0 Å². The number of hydrogen-bond donors (Lipinski definition) is 0. The zero-order valence-electron chi connectivity index (χ0n) is 23.0. The van der Waals surface area contributed by atoms with Crippen molar-refractivity contribution < 1.29 is 0 Å². The average Bonchev–Trinajstić information content (AvgIpc) is 3.46. The third-order valence-electron chi connectivity index (χ3n) is 8.30. The maximum absolute atomic E-state index is 5.05. The highest BCUT2D eigenvalue weighted by Gasteiger charge is 2.15. The molecule has 0 aliphatic carbocycles. The molecule has 0 radical (unpaired) electrons. The highest BCUT2D eigenvalue weighted by molar-refractivity contribution is 7.25. The van der Waals surface area contributed by atoms with Crippen LogP contribution in [0.2, 0.25) is 0 Å². The summed E-state index contributed by atoms with van der Waals surface area (Å²) in [5.74, 6) is 2.01. The van der Waals surface area contributed by atoms with Gasteiger partial charge >= 0.3 is 0 Å². The first-order valence-electron chi connectivity index (χ1n) is 14.4. The van der Waals surface area contributed by atoms with Gasteiger partial charge in [0.1, 0.15) is 0 Å². The summed E-state index contributed by atoms with van der Waals surface area (Å²) in [6, 6.07) is 49.3. The van der Waals surface area contributed by atoms with E-state index in [0.717, 1.165) is 22.1 Å². The zero-order valence-corrected chi connectivity index (χ0v) is 23.8. The Kier molecular flexibility index (Phi) is 5.37. The van der Waals surface area contributed by atoms with Gasteiger partial charge in [-0.05, 0) is 50.5 Å². The average molecular weight is 566 g/mol. The van der Waals surface area contributed by atoms with Crippen LogP contribution < -0.4 is 0 Å². The van der Waals surface area contributed by atoms with E-state index < -0.39 is 0 Å². The van der Waals surface area contributed by atoms with E-state index in [-0.39, 0.29) is 0 Å². The van der Waals surface area contributed by atoms with Gasteiger partial charge in [-0.1, -0.05) is 121 Å². The van der Waals surface area contributed by atoms with Crippen LogP contribution >= 0.6 is 11.3 Å². The van der Waals surface area contributed by atoms with Crippen molar-refractivity contribution in [2.45, 2.75) is 0 Å². The summed E-state index contributed by atoms with van der Waals surface area (Å²) in [6.45, 7) is 0. The van der Waals surface area contributed by atoms with E-state index in [9.17, 15) is 0 Å². The monoisotopic (exact) mass is 565 g/mol. The van der Waals surface area contributed by atoms with E-state index in [1.807, 2.05) is 18.2 Å². The topological polar surface area (TPSA) is 38.7 Å². The van der Waals surface area contributed by atoms with Crippen molar-refractivity contribution in [1.82, 2.24) is 15.0 Å². The summed E-state index contributed by atoms with van der Waals surface area (Å²) < 4.78 is 2.51. The first-order valence-corrected chi connectivity index (χ1v) is 15.2. The third kappa shape index (κ3) is 3.99. The SMILES string of the molecule is c1ccc(-c2nc(-c3ccc4c(ccc5c6ccccc6ccc45)c3)nc(-c3ccc4c(c3)sc3ccccc34)n2)cc1. The Hall–Kier alpha value is -5.45. The summed E-state index contributed by atoms with van der Waals surface area (Å²) in [6.07, 6.45) is 0. The van der Waals surface area contributed by atoms with Crippen molar-refractivity contribution in [3.8, 4) is 34.2 Å². The van der Waals surface area contributed by atoms with Gasteiger partial charge in [-0.2, -0.15) is 0 Å². The number of hydrogen-bond acceptors (Lipinski definition) is 4. The van der Waals surface area contributed by atoms with Gasteiger partial charge in [0.15, 0.2) is 17.5 Å². The second kappa shape index (κ2) is 9.55. The molecule has 7 aromatic carbocycles. The van der Waals surface area contributed by atoms with E-state index in [1.54, 1.807) is 11.3 Å². The largest absolute Gasteiger partial charge is 0.208 e. The van der Waals surface area contributed by atoms with E-state index in [4.69, 9.17) is 15.0 Å². The second-order valence-corrected chi connectivity index (χ2v) is 11.9. The van der Waals surface area contributed by atoms with Crippen molar-refractivity contribution in [2.24, 2.45) is 0 Å². The molecule has 2 heterocycles. The molecule has 0 atom stereocenters. The molecule has 0 fully saturated rings. The smallest absolute Gasteiger partial charge is 0.164 e. The van der Waals surface area contributed by atoms with Gasteiger partial charge in [-0.3, -0.25) is 0 Å². The minimum Gasteiger partial charge on any atom is -0.208 e. The molecule has 9 rings (SSSR count). The number of rotatable bonds is 3. The molecule has 0 aliphatic heterocycles. The molecule has 2 aromatic heterocycles. The maximum Gasteiger partial charge on any atom is 0.164 e. The van der Waals surface area contributed by atoms with Crippen molar-refractivity contribution in [3.63, 3.8) is 0 Å². The van der Waals surface area contributed by atoms with E-state index in [0.29, 0.717) is 17.5 Å². The van der Waals surface area contributed by atoms with Gasteiger partial charge in [0.2, 0.25) is 0 Å². The maximum atomic E-state index is 5.05. The Balaban J connectivity index is 1.22. The normalized spacial score (nSPS) is 11.7. The van der Waals surface area contributed by atoms with Crippen LogP contribution in [0.4, 0.5) is 0 Å². The summed E-state index contributed by atoms with van der Waals surface area (Å²) in [5.41, 5.74) is 2.92. The molecule has 0 saturated heterocycles. The number of benzene rings is 7. The quantitative estimate of drug-likeness (QED) is 0.200. The molecule has 4 heteroatoms. The lowest BCUT2D eigenvalue weighted by molar-refractivity contribution is 1.08. The van der Waals surface area contributed by atoms with Gasteiger partial charge in [-0.25, -0.2) is 15.0 Å². The Morgan fingerprint density at radius 3 is 1.65 bits per heavy atom. The Bertz CT molecular complexity index is 2510. The molecule has 200 valence electrons. The van der Waals surface area contributed by atoms with Crippen LogP contribution in [0.15, 0.2) is 140 Å². The van der Waals surface area contributed by atoms with Crippen LogP contribution in [0.1, 0.15) is 0 Å². The van der Waals surface area contributed by atoms with Crippen LogP contribution in [0.3, 0.4) is 0 Å². The number of fused-ring (bicyclic) bond motifs is 8. The Labute approximate surface area is 251 Å². The zero-order chi connectivity index (χ0) is 28.3. The van der Waals surface area contributed by atoms with Gasteiger partial charge in [0.25, 0.3) is 0 Å². The van der Waals surface area contributed by atoms with Crippen molar-refractivity contribution in [3.05, 3.63) is 140 Å². The van der Waals surface area contributed by atoms with Gasteiger partial charge in [0.05, 0.1) is 0 Å². The molecule has 0 N–H and O–H groups in total. The lowest BCUT2D eigenvalue weighted by atomic mass is 9.96. The predicted octanol–water partition coefficient (Wildman–Crippen LogP) is 10.7. The molecule has 0 spiro atoms. The molecular formula is C39H23N3S. The summed E-state index contributed by atoms with van der Waals surface area (Å²) in [4.78, 5) is 15.0. The highest BCUT2D eigenvalue weighted by Crippen LogP contribution is 2.37. The molecule has 3 nitrogen and oxygen atoms in total. The number of thiophene rings is 1. The standard InChI is InChI=1S/C39H23N3S/c1-2-9-25(10-3-1)37-40-38(42-39(41-37)28-17-21-34-33-12-6-7-13-35(33)43-36(34)23-28)27-16-18-30-26(22-27)15-20-31-29-11-5-4-8-24(29)14-19-32(30)31/h1-23H. The summed E-state index contributed by atoms with van der Waals surface area (Å²) in [7, 11) is 0. The first-order chi connectivity index (χ1) is 21.3. The predicted molar refractivity (Wildman–Crippen MR) is 182 cm³/mol. The first kappa shape index (κ1) is 24.2. The van der Waals surface area contributed by atoms with Crippen LogP contribution in [0.25, 0.3) is 86.7 Å². The van der Waals surface area contributed by atoms with Crippen LogP contribution in [-0.4, -0.2) is 15.0 Å². The van der Waals surface area contributed by atoms with Crippen LogP contribution in [-0.2, 0) is 0 Å². The van der Waals surface area contributed by atoms with Crippen molar-refractivity contribution in [1.29, 1.82) is 0 Å². The Morgan fingerprint density at radius 2 is 0.860 bits per heavy atom. The molecule has 0 amide bonds. The highest BCUT2D eigenvalue weighted by atomic mass is 32.1. The number of nitrogens with zero attached hydrogens (tertiary/aromatic N) is 3. The fourth-order valence-electron chi connectivity index (χ4n) is 6.18. The van der Waals surface area contributed by atoms with Gasteiger partial charge in [-0.15, -0.1) is 11.3 Å². The van der Waals surface area contributed by atoms with Crippen molar-refractivity contribution in [2.75, 3.05) is 0 Å². The van der Waals surface area contributed by atoms with E-state index >= 15 is 0 Å². The fourth-order valence-corrected chi connectivity index (χ4v) is 7.33. The van der Waals surface area contributed by atoms with E-state index in [2.05, 4.69) is 121 Å². The lowest BCUT2D eigenvalue weighted by Gasteiger charge is -2.11. The lowest BCUT2D eigenvalue weighted by Crippen LogP contribution is -2.00. The summed E-state index contributed by atoms with van der Waals surface area (Å²) >= 11 is 1.80. The van der Waals surface area contributed by atoms with Crippen LogP contribution in [0.5, 0.6) is 0 Å². The van der Waals surface area contributed by atoms with Gasteiger partial charge < -0.3 is 0 Å². The van der Waals surface area contributed by atoms with Crippen molar-refractivity contribution >= 4 is 63.8 Å². The molecule has 0 aliphatic rings. The second-order valence-electron chi connectivity index (χ2n) is 10.9. The third-order valence-corrected chi connectivity index (χ3v) is 9.44. The minimum absolute atomic E-state index is 0.667. The van der Waals surface area contributed by atoms with E-state index in [1.165, 1.54) is 47.1 Å². The molecule has 9 aromatic rings. The fraction of sp³-hybridized carbons (Fsp3) is 0. The molecule has 0 saturated carbocycles. The molecule has 43 heavy (non-hydrogen) atoms. The summed E-state index contributed by atoms with van der Waals surface area (Å²) in [5, 5.41) is 9.98. The number of aromatic nitrogens is 3. The molecule has 0 bridgehead atoms. The molecule has 0 unspecified atom stereocenters. The molecular weight excluding hydrogens is 543 g/mol. The Morgan fingerprint density at radius 1 is 0.326 bits per heavy atom. The van der Waals surface area contributed by atoms with Gasteiger partial charge in [0, 0.05) is 36.9 Å².